The van der Waals surface area contributed by atoms with E-state index in [1.165, 1.54) is 12.1 Å². The van der Waals surface area contributed by atoms with Crippen LogP contribution in [0.1, 0.15) is 31.2 Å². The van der Waals surface area contributed by atoms with E-state index < -0.39 is 0 Å². The van der Waals surface area contributed by atoms with Crippen molar-refractivity contribution < 1.29 is 14.0 Å². The highest BCUT2D eigenvalue weighted by Crippen LogP contribution is 2.20. The number of rotatable bonds is 4. The van der Waals surface area contributed by atoms with Crippen LogP contribution in [0.2, 0.25) is 0 Å². The van der Waals surface area contributed by atoms with E-state index in [2.05, 4.69) is 5.32 Å². The Labute approximate surface area is 148 Å². The number of hydrogen-bond acceptors (Lipinski definition) is 2. The highest BCUT2D eigenvalue weighted by atomic mass is 19.1. The number of amides is 3. The maximum absolute atomic E-state index is 13.2. The molecule has 2 aliphatic heterocycles. The Morgan fingerprint density at radius 2 is 1.88 bits per heavy atom. The molecule has 0 spiro atoms. The molecule has 1 aromatic carbocycles. The zero-order chi connectivity index (χ0) is 17.6. The molecule has 0 radical (unpaired) electrons. The highest BCUT2D eigenvalue weighted by Gasteiger charge is 2.31. The topological polar surface area (TPSA) is 52.7 Å². The first-order chi connectivity index (χ1) is 12.1. The van der Waals surface area contributed by atoms with Crippen molar-refractivity contribution in [2.24, 2.45) is 5.92 Å². The van der Waals surface area contributed by atoms with Crippen LogP contribution in [-0.4, -0.2) is 54.5 Å². The molecule has 0 saturated carbocycles. The van der Waals surface area contributed by atoms with Crippen molar-refractivity contribution in [2.75, 3.05) is 32.7 Å². The van der Waals surface area contributed by atoms with E-state index in [-0.39, 0.29) is 23.7 Å². The fourth-order valence-corrected chi connectivity index (χ4v) is 3.64. The number of likely N-dealkylation sites (tertiary alicyclic amines) is 2. The van der Waals surface area contributed by atoms with Gasteiger partial charge < -0.3 is 15.1 Å². The Bertz CT molecular complexity index is 616. The van der Waals surface area contributed by atoms with Gasteiger partial charge in [0.1, 0.15) is 5.82 Å². The van der Waals surface area contributed by atoms with Gasteiger partial charge in [-0.25, -0.2) is 9.18 Å². The molecule has 2 fully saturated rings. The van der Waals surface area contributed by atoms with Gasteiger partial charge in [-0.15, -0.1) is 0 Å². The summed E-state index contributed by atoms with van der Waals surface area (Å²) in [4.78, 5) is 28.6. The molecule has 25 heavy (non-hydrogen) atoms. The van der Waals surface area contributed by atoms with Crippen molar-refractivity contribution in [3.8, 4) is 0 Å². The second-order valence-electron chi connectivity index (χ2n) is 6.93. The van der Waals surface area contributed by atoms with Gasteiger partial charge in [-0.1, -0.05) is 12.1 Å². The second-order valence-corrected chi connectivity index (χ2v) is 6.93. The number of carbonyl (C=O) groups is 2. The fraction of sp³-hybridized carbons (Fsp3) is 0.579. The summed E-state index contributed by atoms with van der Waals surface area (Å²) in [6, 6.07) is 6.51. The molecule has 0 unspecified atom stereocenters. The lowest BCUT2D eigenvalue weighted by Gasteiger charge is -2.34. The monoisotopic (exact) mass is 347 g/mol. The van der Waals surface area contributed by atoms with Crippen molar-refractivity contribution >= 4 is 11.9 Å². The van der Waals surface area contributed by atoms with Gasteiger partial charge in [0.05, 0.1) is 5.92 Å². The van der Waals surface area contributed by atoms with Crippen LogP contribution in [0.4, 0.5) is 9.18 Å². The maximum atomic E-state index is 13.2. The predicted molar refractivity (Wildman–Crippen MR) is 93.6 cm³/mol. The quantitative estimate of drug-likeness (QED) is 0.909. The summed E-state index contributed by atoms with van der Waals surface area (Å²) in [6.45, 7) is 3.39. The van der Waals surface area contributed by atoms with Crippen molar-refractivity contribution in [1.82, 2.24) is 15.1 Å². The van der Waals surface area contributed by atoms with Crippen LogP contribution in [0.15, 0.2) is 24.3 Å². The minimum atomic E-state index is -0.257. The highest BCUT2D eigenvalue weighted by molar-refractivity contribution is 5.81. The van der Waals surface area contributed by atoms with Gasteiger partial charge in [0.25, 0.3) is 0 Å². The first-order valence-electron chi connectivity index (χ1n) is 9.19. The van der Waals surface area contributed by atoms with Gasteiger partial charge in [0.15, 0.2) is 0 Å². The third-order valence-electron chi connectivity index (χ3n) is 5.04. The second kappa shape index (κ2) is 8.32. The number of urea groups is 1. The van der Waals surface area contributed by atoms with E-state index in [4.69, 9.17) is 0 Å². The zero-order valence-electron chi connectivity index (χ0n) is 14.5. The van der Waals surface area contributed by atoms with Crippen LogP contribution in [0.5, 0.6) is 0 Å². The van der Waals surface area contributed by atoms with Gasteiger partial charge in [-0.3, -0.25) is 4.79 Å². The minimum absolute atomic E-state index is 0.00433. The first kappa shape index (κ1) is 17.7. The molecule has 1 N–H and O–H groups in total. The molecule has 136 valence electrons. The van der Waals surface area contributed by atoms with Crippen molar-refractivity contribution in [3.63, 3.8) is 0 Å². The van der Waals surface area contributed by atoms with Crippen LogP contribution < -0.4 is 5.32 Å². The molecular weight excluding hydrogens is 321 g/mol. The summed E-state index contributed by atoms with van der Waals surface area (Å²) in [5.41, 5.74) is 0.870. The standard InChI is InChI=1S/C19H26FN3O2/c20-17-7-3-5-15(13-17)8-9-21-18(24)16-6-4-12-23(14-16)19(25)22-10-1-2-11-22/h3,5,7,13,16H,1-2,4,6,8-12,14H2,(H,21,24)/t16-/m1/s1. The lowest BCUT2D eigenvalue weighted by atomic mass is 9.97. The fourth-order valence-electron chi connectivity index (χ4n) is 3.64. The van der Waals surface area contributed by atoms with Crippen molar-refractivity contribution in [2.45, 2.75) is 32.1 Å². The summed E-state index contributed by atoms with van der Waals surface area (Å²) in [5.74, 6) is -0.407. The average Bonchev–Trinajstić information content (AvgIpc) is 3.16. The van der Waals surface area contributed by atoms with Gasteiger partial charge >= 0.3 is 6.03 Å². The van der Waals surface area contributed by atoms with Gasteiger partial charge in [-0.2, -0.15) is 0 Å². The van der Waals surface area contributed by atoms with Gasteiger partial charge in [0, 0.05) is 32.7 Å². The molecule has 0 bridgehead atoms. The molecule has 0 aliphatic carbocycles. The van der Waals surface area contributed by atoms with E-state index in [0.29, 0.717) is 19.5 Å². The molecule has 3 rings (SSSR count). The molecule has 5 nitrogen and oxygen atoms in total. The Kier molecular flexibility index (Phi) is 5.89. The molecule has 0 aromatic heterocycles. The predicted octanol–water partition coefficient (Wildman–Crippen LogP) is 2.41. The van der Waals surface area contributed by atoms with Gasteiger partial charge in [-0.05, 0) is 49.8 Å². The van der Waals surface area contributed by atoms with E-state index in [1.54, 1.807) is 6.07 Å². The third kappa shape index (κ3) is 4.71. The van der Waals surface area contributed by atoms with E-state index >= 15 is 0 Å². The third-order valence-corrected chi connectivity index (χ3v) is 5.04. The van der Waals surface area contributed by atoms with Crippen LogP contribution in [-0.2, 0) is 11.2 Å². The molecule has 2 saturated heterocycles. The molecule has 1 aromatic rings. The maximum Gasteiger partial charge on any atom is 0.320 e. The lowest BCUT2D eigenvalue weighted by molar-refractivity contribution is -0.126. The summed E-state index contributed by atoms with van der Waals surface area (Å²) in [6.07, 6.45) is 4.43. The Hall–Kier alpha value is -2.11. The first-order valence-corrected chi connectivity index (χ1v) is 9.19. The molecule has 2 aliphatic rings. The number of carbonyl (C=O) groups excluding carboxylic acids is 2. The van der Waals surface area contributed by atoms with Crippen LogP contribution in [0.25, 0.3) is 0 Å². The number of piperidine rings is 1. The number of hydrogen-bond donors (Lipinski definition) is 1. The number of halogens is 1. The summed E-state index contributed by atoms with van der Waals surface area (Å²) in [7, 11) is 0. The van der Waals surface area contributed by atoms with E-state index in [9.17, 15) is 14.0 Å². The Morgan fingerprint density at radius 1 is 1.12 bits per heavy atom. The van der Waals surface area contributed by atoms with Crippen LogP contribution >= 0.6 is 0 Å². The van der Waals surface area contributed by atoms with Crippen molar-refractivity contribution in [1.29, 1.82) is 0 Å². The summed E-state index contributed by atoms with van der Waals surface area (Å²) < 4.78 is 13.2. The Balaban J connectivity index is 1.45. The molecule has 3 amide bonds. The Morgan fingerprint density at radius 3 is 2.64 bits per heavy atom. The average molecular weight is 347 g/mol. The molecule has 2 heterocycles. The van der Waals surface area contributed by atoms with E-state index in [0.717, 1.165) is 50.9 Å². The number of nitrogens with one attached hydrogen (secondary N) is 1. The normalized spacial score (nSPS) is 20.6. The SMILES string of the molecule is O=C(NCCc1cccc(F)c1)[C@@H]1CCCN(C(=O)N2CCCC2)C1. The zero-order valence-corrected chi connectivity index (χ0v) is 14.5. The lowest BCUT2D eigenvalue weighted by Crippen LogP contribution is -2.49. The summed E-state index contributed by atoms with van der Waals surface area (Å²) >= 11 is 0. The smallest absolute Gasteiger partial charge is 0.320 e. The number of nitrogens with zero attached hydrogens (tertiary/aromatic N) is 2. The molecule has 6 heteroatoms. The van der Waals surface area contributed by atoms with Crippen LogP contribution in [0, 0.1) is 11.7 Å². The molecule has 1 atom stereocenters. The molecular formula is C19H26FN3O2. The minimum Gasteiger partial charge on any atom is -0.355 e. The van der Waals surface area contributed by atoms with E-state index in [1.807, 2.05) is 15.9 Å². The van der Waals surface area contributed by atoms with Crippen molar-refractivity contribution in [3.05, 3.63) is 35.6 Å². The van der Waals surface area contributed by atoms with Gasteiger partial charge in [0.2, 0.25) is 5.91 Å². The summed E-state index contributed by atoms with van der Waals surface area (Å²) in [5, 5.41) is 2.94. The number of benzene rings is 1. The van der Waals surface area contributed by atoms with Crippen LogP contribution in [0.3, 0.4) is 0 Å². The largest absolute Gasteiger partial charge is 0.355 e.